The van der Waals surface area contributed by atoms with Crippen molar-refractivity contribution in [2.75, 3.05) is 38.5 Å². The molecule has 0 bridgehead atoms. The summed E-state index contributed by atoms with van der Waals surface area (Å²) in [5.41, 5.74) is 1.18. The van der Waals surface area contributed by atoms with Crippen molar-refractivity contribution in [3.8, 4) is 0 Å². The Balaban J connectivity index is 2.31. The van der Waals surface area contributed by atoms with E-state index in [1.54, 1.807) is 31.3 Å². The van der Waals surface area contributed by atoms with Crippen LogP contribution in [0.25, 0.3) is 0 Å². The van der Waals surface area contributed by atoms with Gasteiger partial charge in [0.1, 0.15) is 5.56 Å². The van der Waals surface area contributed by atoms with E-state index in [1.165, 1.54) is 17.9 Å². The molecule has 1 amide bonds. The lowest BCUT2D eigenvalue weighted by Gasteiger charge is -2.21. The van der Waals surface area contributed by atoms with E-state index in [0.717, 1.165) is 9.87 Å². The summed E-state index contributed by atoms with van der Waals surface area (Å²) in [6.45, 7) is 3.02. The molecule has 0 aliphatic rings. The van der Waals surface area contributed by atoms with Gasteiger partial charge in [-0.3, -0.25) is 13.8 Å². The van der Waals surface area contributed by atoms with Crippen molar-refractivity contribution in [1.29, 1.82) is 0 Å². The van der Waals surface area contributed by atoms with Crippen molar-refractivity contribution in [3.05, 3.63) is 41.6 Å². The molecule has 1 aromatic heterocycles. The van der Waals surface area contributed by atoms with Gasteiger partial charge in [-0.05, 0) is 33.2 Å². The van der Waals surface area contributed by atoms with E-state index in [0.29, 0.717) is 13.1 Å². The molecule has 0 aliphatic carbocycles. The number of nitrogens with zero attached hydrogens (tertiary/aromatic N) is 4. The Bertz CT molecular complexity index is 872. The van der Waals surface area contributed by atoms with Crippen molar-refractivity contribution in [3.63, 3.8) is 0 Å². The minimum absolute atomic E-state index is 0.158. The summed E-state index contributed by atoms with van der Waals surface area (Å²) in [6, 6.07) is 6.57. The van der Waals surface area contributed by atoms with E-state index in [1.807, 2.05) is 25.9 Å². The van der Waals surface area contributed by atoms with Crippen LogP contribution in [0.15, 0.2) is 35.4 Å². The summed E-state index contributed by atoms with van der Waals surface area (Å²) in [7, 11) is 3.03. The smallest absolute Gasteiger partial charge is 0.265 e. The number of aryl methyl sites for hydroxylation is 2. The molecule has 0 spiro atoms. The molecule has 26 heavy (non-hydrogen) atoms. The predicted octanol–water partition coefficient (Wildman–Crippen LogP) is 0.845. The maximum Gasteiger partial charge on any atom is 0.265 e. The van der Waals surface area contributed by atoms with Crippen LogP contribution in [-0.4, -0.2) is 63.2 Å². The van der Waals surface area contributed by atoms with Crippen molar-refractivity contribution < 1.29 is 13.2 Å². The molecular weight excluding hydrogens is 354 g/mol. The number of likely N-dealkylation sites (N-methyl/N-ethyl adjacent to an activating group) is 1. The fraction of sp³-hybridized carbons (Fsp3) is 0.412. The number of hydrogen-bond donors (Lipinski definition) is 1. The highest BCUT2D eigenvalue weighted by Gasteiger charge is 2.28. The van der Waals surface area contributed by atoms with Crippen LogP contribution >= 0.6 is 0 Å². The summed E-state index contributed by atoms with van der Waals surface area (Å²) in [5.74, 6) is -0.145. The van der Waals surface area contributed by atoms with Gasteiger partial charge in [-0.25, -0.2) is 8.42 Å². The van der Waals surface area contributed by atoms with Gasteiger partial charge in [-0.15, -0.1) is 0 Å². The molecule has 0 saturated heterocycles. The molecule has 0 unspecified atom stereocenters. The largest absolute Gasteiger partial charge is 0.351 e. The van der Waals surface area contributed by atoms with E-state index in [9.17, 15) is 13.2 Å². The van der Waals surface area contributed by atoms with Gasteiger partial charge in [0.15, 0.2) is 5.82 Å². The van der Waals surface area contributed by atoms with Crippen molar-refractivity contribution in [2.45, 2.75) is 11.8 Å². The number of anilines is 1. The maximum atomic E-state index is 12.9. The second-order valence-electron chi connectivity index (χ2n) is 6.35. The lowest BCUT2D eigenvalue weighted by Crippen LogP contribution is -2.34. The molecule has 1 aromatic carbocycles. The molecule has 0 aliphatic heterocycles. The number of hydrogen-bond acceptors (Lipinski definition) is 5. The zero-order valence-corrected chi connectivity index (χ0v) is 16.5. The molecule has 9 heteroatoms. The minimum Gasteiger partial charge on any atom is -0.351 e. The quantitative estimate of drug-likeness (QED) is 0.770. The number of amides is 1. The first kappa shape index (κ1) is 19.9. The fourth-order valence-electron chi connectivity index (χ4n) is 2.44. The summed E-state index contributed by atoms with van der Waals surface area (Å²) < 4.78 is 28.3. The van der Waals surface area contributed by atoms with Crippen LogP contribution in [0.1, 0.15) is 15.9 Å². The normalized spacial score (nSPS) is 11.6. The van der Waals surface area contributed by atoms with Crippen molar-refractivity contribution in [2.24, 2.45) is 7.05 Å². The zero-order valence-electron chi connectivity index (χ0n) is 15.7. The molecule has 8 nitrogen and oxygen atoms in total. The summed E-state index contributed by atoms with van der Waals surface area (Å²) in [4.78, 5) is 14.6. The van der Waals surface area contributed by atoms with Crippen LogP contribution in [-0.2, 0) is 17.1 Å². The van der Waals surface area contributed by atoms with Gasteiger partial charge >= 0.3 is 0 Å². The number of carbonyl (C=O) groups is 1. The lowest BCUT2D eigenvalue weighted by atomic mass is 10.2. The van der Waals surface area contributed by atoms with Gasteiger partial charge < -0.3 is 10.2 Å². The highest BCUT2D eigenvalue weighted by molar-refractivity contribution is 7.92. The molecule has 0 fully saturated rings. The molecule has 2 rings (SSSR count). The second kappa shape index (κ2) is 7.88. The molecule has 0 saturated carbocycles. The van der Waals surface area contributed by atoms with Crippen LogP contribution in [0.5, 0.6) is 0 Å². The van der Waals surface area contributed by atoms with Gasteiger partial charge in [0.05, 0.1) is 11.1 Å². The van der Waals surface area contributed by atoms with Gasteiger partial charge in [0.2, 0.25) is 0 Å². The van der Waals surface area contributed by atoms with E-state index < -0.39 is 10.0 Å². The SMILES string of the molecule is Cc1ccc(S(=O)(=O)N(C)c2c(C(=O)NCCN(C)C)cnn2C)cc1. The van der Waals surface area contributed by atoms with Gasteiger partial charge in [-0.1, -0.05) is 17.7 Å². The maximum absolute atomic E-state index is 12.9. The van der Waals surface area contributed by atoms with Gasteiger partial charge in [0.25, 0.3) is 15.9 Å². The summed E-state index contributed by atoms with van der Waals surface area (Å²) >= 11 is 0. The molecular formula is C17H25N5O3S. The average molecular weight is 379 g/mol. The molecule has 1 N–H and O–H groups in total. The Morgan fingerprint density at radius 1 is 1.19 bits per heavy atom. The van der Waals surface area contributed by atoms with Crippen LogP contribution in [0.3, 0.4) is 0 Å². The lowest BCUT2D eigenvalue weighted by molar-refractivity contribution is 0.0951. The summed E-state index contributed by atoms with van der Waals surface area (Å²) in [6.07, 6.45) is 1.38. The number of nitrogens with one attached hydrogen (secondary N) is 1. The highest BCUT2D eigenvalue weighted by Crippen LogP contribution is 2.25. The first-order chi connectivity index (χ1) is 12.1. The summed E-state index contributed by atoms with van der Waals surface area (Å²) in [5, 5.41) is 6.84. The fourth-order valence-corrected chi connectivity index (χ4v) is 3.68. The number of rotatable bonds is 7. The van der Waals surface area contributed by atoms with Crippen LogP contribution < -0.4 is 9.62 Å². The van der Waals surface area contributed by atoms with Crippen LogP contribution in [0.4, 0.5) is 5.82 Å². The first-order valence-electron chi connectivity index (χ1n) is 8.15. The molecule has 142 valence electrons. The predicted molar refractivity (Wildman–Crippen MR) is 101 cm³/mol. The van der Waals surface area contributed by atoms with Gasteiger partial charge in [0, 0.05) is 27.2 Å². The zero-order chi connectivity index (χ0) is 19.5. The molecule has 1 heterocycles. The van der Waals surface area contributed by atoms with Gasteiger partial charge in [-0.2, -0.15) is 5.10 Å². The minimum atomic E-state index is -3.81. The monoisotopic (exact) mass is 379 g/mol. The number of carbonyl (C=O) groups excluding carboxylic acids is 1. The Morgan fingerprint density at radius 3 is 2.38 bits per heavy atom. The number of aromatic nitrogens is 2. The molecule has 0 atom stereocenters. The van der Waals surface area contributed by atoms with Crippen molar-refractivity contribution in [1.82, 2.24) is 20.0 Å². The Hall–Kier alpha value is -2.39. The highest BCUT2D eigenvalue weighted by atomic mass is 32.2. The second-order valence-corrected chi connectivity index (χ2v) is 8.32. The topological polar surface area (TPSA) is 87.5 Å². The number of benzene rings is 1. The molecule has 0 radical (unpaired) electrons. The van der Waals surface area contributed by atoms with Crippen LogP contribution in [0.2, 0.25) is 0 Å². The first-order valence-corrected chi connectivity index (χ1v) is 9.59. The molecule has 2 aromatic rings. The standard InChI is InChI=1S/C17H25N5O3S/c1-13-6-8-14(9-7-13)26(24,25)22(5)17-15(12-19-21(17)4)16(23)18-10-11-20(2)3/h6-9,12H,10-11H2,1-5H3,(H,18,23). The Kier molecular flexibility index (Phi) is 6.04. The third kappa shape index (κ3) is 4.23. The van der Waals surface area contributed by atoms with E-state index >= 15 is 0 Å². The Labute approximate surface area is 154 Å². The van der Waals surface area contributed by atoms with E-state index in [2.05, 4.69) is 10.4 Å². The van der Waals surface area contributed by atoms with Crippen molar-refractivity contribution >= 4 is 21.7 Å². The Morgan fingerprint density at radius 2 is 1.81 bits per heavy atom. The number of sulfonamides is 1. The van der Waals surface area contributed by atoms with Crippen LogP contribution in [0, 0.1) is 6.92 Å². The third-order valence-electron chi connectivity index (χ3n) is 3.97. The van der Waals surface area contributed by atoms with E-state index in [4.69, 9.17) is 0 Å². The van der Waals surface area contributed by atoms with E-state index in [-0.39, 0.29) is 22.2 Å². The third-order valence-corrected chi connectivity index (χ3v) is 5.74. The average Bonchev–Trinajstić information content (AvgIpc) is 2.95.